The lowest BCUT2D eigenvalue weighted by Gasteiger charge is -2.14. The number of fused-ring (bicyclic) bond motifs is 2. The SMILES string of the molecule is C=C/C(=C\C(=C/C)c1ccc2[nH]nc(-c3nc4c(-c5ccsc5)cncc4[nH]3)c2c1)N(C)C. The van der Waals surface area contributed by atoms with Crippen LogP contribution in [-0.2, 0) is 0 Å². The molecule has 4 aromatic heterocycles. The minimum atomic E-state index is 0.718. The van der Waals surface area contributed by atoms with Gasteiger partial charge < -0.3 is 9.88 Å². The fraction of sp³-hybridized carbons (Fsp3) is 0.115. The number of pyridine rings is 1. The molecule has 0 aliphatic rings. The van der Waals surface area contributed by atoms with E-state index in [4.69, 9.17) is 4.98 Å². The van der Waals surface area contributed by atoms with Gasteiger partial charge in [-0.3, -0.25) is 10.1 Å². The summed E-state index contributed by atoms with van der Waals surface area (Å²) < 4.78 is 0. The first-order chi connectivity index (χ1) is 16.1. The molecule has 5 aromatic rings. The summed E-state index contributed by atoms with van der Waals surface area (Å²) >= 11 is 1.66. The maximum atomic E-state index is 4.92. The van der Waals surface area contributed by atoms with Gasteiger partial charge in [-0.15, -0.1) is 0 Å². The van der Waals surface area contributed by atoms with Crippen LogP contribution < -0.4 is 0 Å². The van der Waals surface area contributed by atoms with Crippen molar-refractivity contribution in [3.8, 4) is 22.6 Å². The molecule has 0 spiro atoms. The van der Waals surface area contributed by atoms with Crippen molar-refractivity contribution in [2.24, 2.45) is 0 Å². The quantitative estimate of drug-likeness (QED) is 0.298. The Bertz CT molecular complexity index is 1520. The van der Waals surface area contributed by atoms with Crippen LogP contribution in [0, 0.1) is 0 Å². The van der Waals surface area contributed by atoms with Crippen LogP contribution >= 0.6 is 11.3 Å². The van der Waals surface area contributed by atoms with E-state index in [1.54, 1.807) is 11.3 Å². The molecular weight excluding hydrogens is 428 g/mol. The minimum absolute atomic E-state index is 0.718. The summed E-state index contributed by atoms with van der Waals surface area (Å²) in [6.45, 7) is 5.98. The summed E-state index contributed by atoms with van der Waals surface area (Å²) in [5, 5.41) is 12.9. The normalized spacial score (nSPS) is 12.6. The van der Waals surface area contributed by atoms with E-state index in [1.165, 1.54) is 0 Å². The summed E-state index contributed by atoms with van der Waals surface area (Å²) in [6.07, 6.45) is 9.77. The Kier molecular flexibility index (Phi) is 5.40. The van der Waals surface area contributed by atoms with Crippen LogP contribution in [0.3, 0.4) is 0 Å². The van der Waals surface area contributed by atoms with Crippen molar-refractivity contribution in [3.05, 3.63) is 83.5 Å². The number of benzene rings is 1. The molecule has 0 saturated heterocycles. The fourth-order valence-electron chi connectivity index (χ4n) is 3.91. The molecule has 7 heteroatoms. The predicted molar refractivity (Wildman–Crippen MR) is 138 cm³/mol. The van der Waals surface area contributed by atoms with Gasteiger partial charge in [-0.2, -0.15) is 16.4 Å². The second-order valence-corrected chi connectivity index (χ2v) is 8.71. The van der Waals surface area contributed by atoms with Crippen LogP contribution in [0.1, 0.15) is 12.5 Å². The molecule has 0 unspecified atom stereocenters. The first-order valence-electron chi connectivity index (χ1n) is 10.6. The number of hydrogen-bond donors (Lipinski definition) is 2. The van der Waals surface area contributed by atoms with Crippen molar-refractivity contribution in [1.82, 2.24) is 30.0 Å². The molecule has 0 aliphatic heterocycles. The number of imidazole rings is 1. The Hall–Kier alpha value is -3.97. The van der Waals surface area contributed by atoms with Crippen LogP contribution in [0.4, 0.5) is 0 Å². The average molecular weight is 453 g/mol. The van der Waals surface area contributed by atoms with E-state index < -0.39 is 0 Å². The van der Waals surface area contributed by atoms with E-state index in [2.05, 4.69) is 73.9 Å². The van der Waals surface area contributed by atoms with Gasteiger partial charge >= 0.3 is 0 Å². The third kappa shape index (κ3) is 3.76. The Morgan fingerprint density at radius 1 is 1.15 bits per heavy atom. The molecule has 4 heterocycles. The number of H-pyrrole nitrogens is 2. The Morgan fingerprint density at radius 2 is 2.03 bits per heavy atom. The average Bonchev–Trinajstić information content (AvgIpc) is 3.57. The first-order valence-corrected chi connectivity index (χ1v) is 11.6. The highest BCUT2D eigenvalue weighted by Crippen LogP contribution is 2.33. The largest absolute Gasteiger partial charge is 0.378 e. The number of aromatic amines is 2. The van der Waals surface area contributed by atoms with Crippen molar-refractivity contribution >= 4 is 38.8 Å². The molecule has 0 radical (unpaired) electrons. The summed E-state index contributed by atoms with van der Waals surface area (Å²) in [6, 6.07) is 8.40. The molecule has 1 aromatic carbocycles. The monoisotopic (exact) mass is 452 g/mol. The summed E-state index contributed by atoms with van der Waals surface area (Å²) in [7, 11) is 4.03. The first kappa shape index (κ1) is 20.9. The number of likely N-dealkylation sites (N-methyl/N-ethyl adjacent to an activating group) is 1. The Morgan fingerprint density at radius 3 is 2.76 bits per heavy atom. The third-order valence-corrected chi connectivity index (χ3v) is 6.37. The Labute approximate surface area is 196 Å². The topological polar surface area (TPSA) is 73.5 Å². The second kappa shape index (κ2) is 8.52. The molecule has 6 nitrogen and oxygen atoms in total. The summed E-state index contributed by atoms with van der Waals surface area (Å²) in [5.41, 5.74) is 8.92. The van der Waals surface area contributed by atoms with Crippen molar-refractivity contribution in [1.29, 1.82) is 0 Å². The highest BCUT2D eigenvalue weighted by atomic mass is 32.1. The number of nitrogens with zero attached hydrogens (tertiary/aromatic N) is 4. The lowest BCUT2D eigenvalue weighted by atomic mass is 10.0. The number of rotatable bonds is 6. The molecule has 164 valence electrons. The minimum Gasteiger partial charge on any atom is -0.378 e. The van der Waals surface area contributed by atoms with Gasteiger partial charge in [-0.25, -0.2) is 4.98 Å². The van der Waals surface area contributed by atoms with E-state index >= 15 is 0 Å². The standard InChI is InChI=1S/C26H24N6S/c1-5-16(11-19(6-2)32(3)4)17-7-8-22-20(12-17)25(31-30-22)26-28-23-14-27-13-21(24(23)29-26)18-9-10-33-15-18/h5-15H,2H2,1,3-4H3,(H,28,29)(H,30,31)/b16-5+,19-11+. The van der Waals surface area contributed by atoms with E-state index in [0.29, 0.717) is 0 Å². The number of nitrogens with one attached hydrogen (secondary N) is 2. The van der Waals surface area contributed by atoms with Gasteiger partial charge in [0.2, 0.25) is 0 Å². The van der Waals surface area contributed by atoms with Gasteiger partial charge in [-0.05, 0) is 64.7 Å². The molecule has 0 atom stereocenters. The highest BCUT2D eigenvalue weighted by molar-refractivity contribution is 7.08. The molecule has 0 bridgehead atoms. The van der Waals surface area contributed by atoms with Gasteiger partial charge in [0, 0.05) is 36.9 Å². The van der Waals surface area contributed by atoms with Crippen molar-refractivity contribution in [2.75, 3.05) is 14.1 Å². The van der Waals surface area contributed by atoms with E-state index in [0.717, 1.165) is 61.4 Å². The van der Waals surface area contributed by atoms with E-state index in [1.807, 2.05) is 44.4 Å². The van der Waals surface area contributed by atoms with Crippen LogP contribution in [0.5, 0.6) is 0 Å². The number of thiophene rings is 1. The molecule has 0 amide bonds. The maximum absolute atomic E-state index is 4.92. The van der Waals surface area contributed by atoms with Crippen LogP contribution in [0.25, 0.3) is 50.2 Å². The van der Waals surface area contributed by atoms with Gasteiger partial charge in [0.1, 0.15) is 11.2 Å². The van der Waals surface area contributed by atoms with Crippen molar-refractivity contribution in [2.45, 2.75) is 6.92 Å². The van der Waals surface area contributed by atoms with Crippen molar-refractivity contribution < 1.29 is 0 Å². The fourth-order valence-corrected chi connectivity index (χ4v) is 4.57. The predicted octanol–water partition coefficient (Wildman–Crippen LogP) is 6.26. The third-order valence-electron chi connectivity index (χ3n) is 5.69. The molecule has 33 heavy (non-hydrogen) atoms. The lowest BCUT2D eigenvalue weighted by Crippen LogP contribution is -2.09. The van der Waals surface area contributed by atoms with Crippen molar-refractivity contribution in [3.63, 3.8) is 0 Å². The number of allylic oxidation sites excluding steroid dienone is 4. The summed E-state index contributed by atoms with van der Waals surface area (Å²) in [5.74, 6) is 0.718. The Balaban J connectivity index is 1.62. The molecule has 5 rings (SSSR count). The highest BCUT2D eigenvalue weighted by Gasteiger charge is 2.16. The molecular formula is C26H24N6S. The smallest absolute Gasteiger partial charge is 0.159 e. The maximum Gasteiger partial charge on any atom is 0.159 e. The molecule has 0 aliphatic carbocycles. The molecule has 2 N–H and O–H groups in total. The van der Waals surface area contributed by atoms with E-state index in [9.17, 15) is 0 Å². The van der Waals surface area contributed by atoms with E-state index in [-0.39, 0.29) is 0 Å². The van der Waals surface area contributed by atoms with Gasteiger partial charge in [0.15, 0.2) is 5.82 Å². The summed E-state index contributed by atoms with van der Waals surface area (Å²) in [4.78, 5) is 14.8. The zero-order valence-corrected chi connectivity index (χ0v) is 19.6. The zero-order chi connectivity index (χ0) is 22.9. The van der Waals surface area contributed by atoms with Gasteiger partial charge in [0.25, 0.3) is 0 Å². The van der Waals surface area contributed by atoms with Crippen LogP contribution in [-0.4, -0.2) is 44.1 Å². The number of hydrogen-bond acceptors (Lipinski definition) is 5. The van der Waals surface area contributed by atoms with Crippen LogP contribution in [0.2, 0.25) is 0 Å². The second-order valence-electron chi connectivity index (χ2n) is 7.93. The zero-order valence-electron chi connectivity index (χ0n) is 18.8. The van der Waals surface area contributed by atoms with Gasteiger partial charge in [-0.1, -0.05) is 18.7 Å². The van der Waals surface area contributed by atoms with Crippen LogP contribution in [0.15, 0.2) is 77.9 Å². The molecule has 0 saturated carbocycles. The lowest BCUT2D eigenvalue weighted by molar-refractivity contribution is 0.530. The molecule has 0 fully saturated rings. The number of aromatic nitrogens is 5. The van der Waals surface area contributed by atoms with Gasteiger partial charge in [0.05, 0.1) is 17.2 Å².